The number of nitrogens with one attached hydrogen (secondary N) is 1. The molecule has 2 aromatic carbocycles. The van der Waals surface area contributed by atoms with Crippen LogP contribution in [-0.2, 0) is 21.7 Å². The van der Waals surface area contributed by atoms with E-state index >= 15 is 0 Å². The minimum Gasteiger partial charge on any atom is -0.497 e. The van der Waals surface area contributed by atoms with E-state index in [2.05, 4.69) is 5.32 Å². The summed E-state index contributed by atoms with van der Waals surface area (Å²) in [6.45, 7) is 5.79. The zero-order chi connectivity index (χ0) is 22.6. The average molecular weight is 424 g/mol. The zero-order valence-electron chi connectivity index (χ0n) is 18.4. The van der Waals surface area contributed by atoms with E-state index in [-0.39, 0.29) is 18.5 Å². The predicted molar refractivity (Wildman–Crippen MR) is 117 cm³/mol. The predicted octanol–water partition coefficient (Wildman–Crippen LogP) is 3.29. The van der Waals surface area contributed by atoms with Gasteiger partial charge in [-0.25, -0.2) is 4.79 Å². The highest BCUT2D eigenvalue weighted by molar-refractivity contribution is 6.09. The third kappa shape index (κ3) is 4.40. The van der Waals surface area contributed by atoms with Crippen LogP contribution in [0.3, 0.4) is 0 Å². The number of carbonyl (C=O) groups is 3. The van der Waals surface area contributed by atoms with Crippen molar-refractivity contribution in [1.82, 2.24) is 15.1 Å². The van der Waals surface area contributed by atoms with E-state index < -0.39 is 17.5 Å². The summed E-state index contributed by atoms with van der Waals surface area (Å²) in [7, 11) is 1.57. The van der Waals surface area contributed by atoms with E-state index in [0.717, 1.165) is 10.5 Å². The molecule has 1 saturated heterocycles. The van der Waals surface area contributed by atoms with E-state index in [1.807, 2.05) is 51.1 Å². The number of urea groups is 1. The molecule has 1 aliphatic heterocycles. The molecule has 7 nitrogen and oxygen atoms in total. The fourth-order valence-electron chi connectivity index (χ4n) is 3.85. The molecule has 1 fully saturated rings. The second-order valence-corrected chi connectivity index (χ2v) is 7.91. The molecule has 0 unspecified atom stereocenters. The Bertz CT molecular complexity index is 943. The lowest BCUT2D eigenvalue weighted by Crippen LogP contribution is -2.46. The van der Waals surface area contributed by atoms with Gasteiger partial charge in [0.2, 0.25) is 5.91 Å². The topological polar surface area (TPSA) is 79.0 Å². The Morgan fingerprint density at radius 2 is 1.74 bits per heavy atom. The quantitative estimate of drug-likeness (QED) is 0.661. The Morgan fingerprint density at radius 3 is 2.29 bits per heavy atom. The molecule has 0 radical (unpaired) electrons. The number of methoxy groups -OCH3 is 1. The largest absolute Gasteiger partial charge is 0.497 e. The summed E-state index contributed by atoms with van der Waals surface area (Å²) in [5.74, 6) is -0.0294. The highest BCUT2D eigenvalue weighted by Gasteiger charge is 2.51. The van der Waals surface area contributed by atoms with Crippen LogP contribution >= 0.6 is 0 Å². The second kappa shape index (κ2) is 9.20. The molecule has 1 atom stereocenters. The number of carbonyl (C=O) groups excluding carboxylic acids is 3. The molecule has 164 valence electrons. The summed E-state index contributed by atoms with van der Waals surface area (Å²) in [5.41, 5.74) is 0.461. The van der Waals surface area contributed by atoms with Crippen LogP contribution in [-0.4, -0.2) is 47.3 Å². The maximum absolute atomic E-state index is 13.4. The highest BCUT2D eigenvalue weighted by Crippen LogP contribution is 2.33. The molecule has 4 amide bonds. The highest BCUT2D eigenvalue weighted by atomic mass is 16.5. The van der Waals surface area contributed by atoms with Gasteiger partial charge in [-0.3, -0.25) is 14.5 Å². The summed E-state index contributed by atoms with van der Waals surface area (Å²) in [4.78, 5) is 41.9. The van der Waals surface area contributed by atoms with Crippen molar-refractivity contribution >= 4 is 17.8 Å². The van der Waals surface area contributed by atoms with Gasteiger partial charge in [0, 0.05) is 12.6 Å². The van der Waals surface area contributed by atoms with Crippen molar-refractivity contribution in [2.24, 2.45) is 0 Å². The molecule has 3 rings (SSSR count). The van der Waals surface area contributed by atoms with Crippen LogP contribution in [0.5, 0.6) is 5.75 Å². The summed E-state index contributed by atoms with van der Waals surface area (Å²) in [5, 5.41) is 2.82. The van der Waals surface area contributed by atoms with Crippen LogP contribution in [0.15, 0.2) is 54.6 Å². The first-order valence-electron chi connectivity index (χ1n) is 10.4. The fraction of sp³-hybridized carbons (Fsp3) is 0.375. The molecular weight excluding hydrogens is 394 g/mol. The summed E-state index contributed by atoms with van der Waals surface area (Å²) in [6, 6.07) is 16.0. The number of imide groups is 1. The first-order chi connectivity index (χ1) is 14.8. The average Bonchev–Trinajstić information content (AvgIpc) is 3.03. The van der Waals surface area contributed by atoms with Crippen molar-refractivity contribution in [3.63, 3.8) is 0 Å². The summed E-state index contributed by atoms with van der Waals surface area (Å²) < 4.78 is 5.18. The SMILES string of the molecule is CC[C@@]1(c2ccc(OC)cc2)NC(=O)N(CC(=O)N(Cc2ccccc2)C(C)C)C1=O. The van der Waals surface area contributed by atoms with Gasteiger partial charge < -0.3 is 15.0 Å². The smallest absolute Gasteiger partial charge is 0.325 e. The van der Waals surface area contributed by atoms with Gasteiger partial charge in [0.15, 0.2) is 0 Å². The number of amides is 4. The minimum absolute atomic E-state index is 0.0778. The third-order valence-electron chi connectivity index (χ3n) is 5.72. The monoisotopic (exact) mass is 423 g/mol. The number of hydrogen-bond acceptors (Lipinski definition) is 4. The van der Waals surface area contributed by atoms with Gasteiger partial charge in [-0.2, -0.15) is 0 Å². The Hall–Kier alpha value is -3.35. The number of rotatable bonds is 8. The van der Waals surface area contributed by atoms with Crippen LogP contribution in [0.1, 0.15) is 38.3 Å². The van der Waals surface area contributed by atoms with Crippen molar-refractivity contribution in [1.29, 1.82) is 0 Å². The van der Waals surface area contributed by atoms with Crippen LogP contribution in [0.25, 0.3) is 0 Å². The number of ether oxygens (including phenoxy) is 1. The van der Waals surface area contributed by atoms with E-state index in [1.165, 1.54) is 0 Å². The lowest BCUT2D eigenvalue weighted by atomic mass is 9.87. The van der Waals surface area contributed by atoms with Gasteiger partial charge >= 0.3 is 6.03 Å². The van der Waals surface area contributed by atoms with Crippen LogP contribution in [0.4, 0.5) is 4.79 Å². The molecule has 0 aromatic heterocycles. The van der Waals surface area contributed by atoms with Gasteiger partial charge in [-0.05, 0) is 43.5 Å². The standard InChI is InChI=1S/C24H29N3O4/c1-5-24(19-11-13-20(31-4)14-12-19)22(29)27(23(30)25-24)16-21(28)26(17(2)3)15-18-9-7-6-8-10-18/h6-14,17H,5,15-16H2,1-4H3,(H,25,30)/t24-/m0/s1. The summed E-state index contributed by atoms with van der Waals surface area (Å²) in [6.07, 6.45) is 0.368. The third-order valence-corrected chi connectivity index (χ3v) is 5.72. The van der Waals surface area contributed by atoms with Gasteiger partial charge in [0.25, 0.3) is 5.91 Å². The van der Waals surface area contributed by atoms with E-state index in [4.69, 9.17) is 4.74 Å². The Balaban J connectivity index is 1.81. The lowest BCUT2D eigenvalue weighted by Gasteiger charge is -2.29. The molecule has 7 heteroatoms. The first-order valence-corrected chi connectivity index (χ1v) is 10.4. The van der Waals surface area contributed by atoms with Crippen molar-refractivity contribution in [2.75, 3.05) is 13.7 Å². The Kier molecular flexibility index (Phi) is 6.63. The van der Waals surface area contributed by atoms with Crippen molar-refractivity contribution < 1.29 is 19.1 Å². The molecule has 1 heterocycles. The minimum atomic E-state index is -1.19. The van der Waals surface area contributed by atoms with Gasteiger partial charge in [-0.15, -0.1) is 0 Å². The Morgan fingerprint density at radius 1 is 1.10 bits per heavy atom. The molecule has 1 N–H and O–H groups in total. The van der Waals surface area contributed by atoms with E-state index in [1.54, 1.807) is 36.3 Å². The molecule has 1 aliphatic rings. The number of nitrogens with zero attached hydrogens (tertiary/aromatic N) is 2. The van der Waals surface area contributed by atoms with Crippen molar-refractivity contribution in [2.45, 2.75) is 45.3 Å². The first kappa shape index (κ1) is 22.3. The fourth-order valence-corrected chi connectivity index (χ4v) is 3.85. The molecule has 0 bridgehead atoms. The van der Waals surface area contributed by atoms with Crippen molar-refractivity contribution in [3.8, 4) is 5.75 Å². The summed E-state index contributed by atoms with van der Waals surface area (Å²) >= 11 is 0. The van der Waals surface area contributed by atoms with Gasteiger partial charge in [-0.1, -0.05) is 49.4 Å². The lowest BCUT2D eigenvalue weighted by molar-refractivity contribution is -0.140. The van der Waals surface area contributed by atoms with Gasteiger partial charge in [0.05, 0.1) is 7.11 Å². The van der Waals surface area contributed by atoms with Crippen LogP contribution in [0.2, 0.25) is 0 Å². The van der Waals surface area contributed by atoms with Gasteiger partial charge in [0.1, 0.15) is 17.8 Å². The molecule has 0 aliphatic carbocycles. The number of hydrogen-bond donors (Lipinski definition) is 1. The van der Waals surface area contributed by atoms with Crippen LogP contribution < -0.4 is 10.1 Å². The van der Waals surface area contributed by atoms with Crippen LogP contribution in [0, 0.1) is 0 Å². The molecule has 2 aromatic rings. The maximum atomic E-state index is 13.4. The molecule has 0 spiro atoms. The zero-order valence-corrected chi connectivity index (χ0v) is 18.4. The van der Waals surface area contributed by atoms with E-state index in [9.17, 15) is 14.4 Å². The Labute approximate surface area is 183 Å². The second-order valence-electron chi connectivity index (χ2n) is 7.91. The van der Waals surface area contributed by atoms with Crippen molar-refractivity contribution in [3.05, 3.63) is 65.7 Å². The normalized spacial score (nSPS) is 18.3. The molecule has 0 saturated carbocycles. The molecule has 31 heavy (non-hydrogen) atoms. The number of benzene rings is 2. The maximum Gasteiger partial charge on any atom is 0.325 e. The molecular formula is C24H29N3O4. The van der Waals surface area contributed by atoms with E-state index in [0.29, 0.717) is 24.3 Å².